The number of hydrogen-bond acceptors (Lipinski definition) is 3. The Morgan fingerprint density at radius 1 is 1.50 bits per heavy atom. The maximum absolute atomic E-state index is 12.0. The first-order valence-corrected chi connectivity index (χ1v) is 6.99. The van der Waals surface area contributed by atoms with Crippen LogP contribution >= 0.6 is 0 Å². The van der Waals surface area contributed by atoms with Crippen LogP contribution in [0.25, 0.3) is 0 Å². The van der Waals surface area contributed by atoms with E-state index in [0.29, 0.717) is 13.0 Å². The molecule has 0 spiro atoms. The number of hydrogen-bond donors (Lipinski definition) is 1. The second-order valence-corrected chi connectivity index (χ2v) is 5.65. The molecule has 0 aromatic heterocycles. The number of likely N-dealkylation sites (tertiary alicyclic amines) is 1. The molecule has 0 aliphatic carbocycles. The molecular formula is C16H21N3O. The second kappa shape index (κ2) is 6.06. The summed E-state index contributed by atoms with van der Waals surface area (Å²) < 4.78 is 0. The molecule has 1 aromatic carbocycles. The molecule has 1 aliphatic rings. The van der Waals surface area contributed by atoms with E-state index >= 15 is 0 Å². The molecule has 20 heavy (non-hydrogen) atoms. The fraction of sp³-hybridized carbons (Fsp3) is 0.500. The van der Waals surface area contributed by atoms with E-state index in [2.05, 4.69) is 28.4 Å². The highest BCUT2D eigenvalue weighted by Crippen LogP contribution is 2.36. The number of carbonyl (C=O) groups is 1. The largest absolute Gasteiger partial charge is 0.359 e. The zero-order valence-electron chi connectivity index (χ0n) is 12.1. The lowest BCUT2D eigenvalue weighted by Gasteiger charge is -2.28. The van der Waals surface area contributed by atoms with Crippen molar-refractivity contribution in [1.29, 1.82) is 5.26 Å². The van der Waals surface area contributed by atoms with Gasteiger partial charge in [0.2, 0.25) is 5.91 Å². The summed E-state index contributed by atoms with van der Waals surface area (Å²) in [6.07, 6.45) is 1.29. The number of nitriles is 1. The minimum atomic E-state index is -0.350. The van der Waals surface area contributed by atoms with Crippen LogP contribution in [0.4, 0.5) is 0 Å². The van der Waals surface area contributed by atoms with Gasteiger partial charge in [-0.2, -0.15) is 5.26 Å². The van der Waals surface area contributed by atoms with Crippen molar-refractivity contribution in [2.45, 2.75) is 25.8 Å². The fourth-order valence-corrected chi connectivity index (χ4v) is 2.97. The van der Waals surface area contributed by atoms with Crippen molar-refractivity contribution < 1.29 is 4.79 Å². The molecule has 4 heteroatoms. The van der Waals surface area contributed by atoms with E-state index < -0.39 is 0 Å². The molecule has 1 fully saturated rings. The third-order valence-corrected chi connectivity index (χ3v) is 4.19. The van der Waals surface area contributed by atoms with Crippen molar-refractivity contribution in [2.24, 2.45) is 5.41 Å². The van der Waals surface area contributed by atoms with Crippen molar-refractivity contribution in [1.82, 2.24) is 10.2 Å². The molecule has 2 atom stereocenters. The fourth-order valence-electron chi connectivity index (χ4n) is 2.97. The quantitative estimate of drug-likeness (QED) is 0.912. The number of nitrogens with one attached hydrogen (secondary N) is 1. The molecule has 4 nitrogen and oxygen atoms in total. The molecule has 1 aliphatic heterocycles. The summed E-state index contributed by atoms with van der Waals surface area (Å²) in [5.74, 6) is 0.0868. The minimum absolute atomic E-state index is 0.0766. The summed E-state index contributed by atoms with van der Waals surface area (Å²) in [6, 6.07) is 12.4. The first-order valence-electron chi connectivity index (χ1n) is 6.99. The van der Waals surface area contributed by atoms with Crippen LogP contribution in [0.1, 0.15) is 31.4 Å². The van der Waals surface area contributed by atoms with Gasteiger partial charge in [0.05, 0.1) is 17.9 Å². The minimum Gasteiger partial charge on any atom is -0.359 e. The maximum atomic E-state index is 12.0. The SMILES string of the molecule is CNC(=O)C1(C)CCN(C(CC#N)c2ccccc2)C1. The molecule has 1 amide bonds. The van der Waals surface area contributed by atoms with E-state index in [1.165, 1.54) is 0 Å². The Morgan fingerprint density at radius 2 is 2.20 bits per heavy atom. The van der Waals surface area contributed by atoms with Crippen molar-refractivity contribution in [2.75, 3.05) is 20.1 Å². The number of benzene rings is 1. The molecular weight excluding hydrogens is 250 g/mol. The van der Waals surface area contributed by atoms with Crippen molar-refractivity contribution in [3.05, 3.63) is 35.9 Å². The zero-order valence-corrected chi connectivity index (χ0v) is 12.1. The van der Waals surface area contributed by atoms with Crippen LogP contribution in [0, 0.1) is 16.7 Å². The van der Waals surface area contributed by atoms with Crippen LogP contribution in [-0.2, 0) is 4.79 Å². The standard InChI is InChI=1S/C16H21N3O/c1-16(15(20)18-2)9-11-19(12-16)14(8-10-17)13-6-4-3-5-7-13/h3-7,14H,8-9,11-12H2,1-2H3,(H,18,20). The highest BCUT2D eigenvalue weighted by Gasteiger charge is 2.42. The maximum Gasteiger partial charge on any atom is 0.227 e. The van der Waals surface area contributed by atoms with Gasteiger partial charge in [0.1, 0.15) is 0 Å². The lowest BCUT2D eigenvalue weighted by Crippen LogP contribution is -2.39. The summed E-state index contributed by atoms with van der Waals surface area (Å²) in [5, 5.41) is 11.8. The first kappa shape index (κ1) is 14.5. The average molecular weight is 271 g/mol. The summed E-state index contributed by atoms with van der Waals surface area (Å²) >= 11 is 0. The van der Waals surface area contributed by atoms with Gasteiger partial charge in [0, 0.05) is 19.6 Å². The van der Waals surface area contributed by atoms with E-state index in [0.717, 1.165) is 18.5 Å². The molecule has 1 aromatic rings. The van der Waals surface area contributed by atoms with Crippen molar-refractivity contribution >= 4 is 5.91 Å². The highest BCUT2D eigenvalue weighted by molar-refractivity contribution is 5.82. The van der Waals surface area contributed by atoms with E-state index in [1.54, 1.807) is 7.05 Å². The number of nitrogens with zero attached hydrogens (tertiary/aromatic N) is 2. The Labute approximate surface area is 120 Å². The Bertz CT molecular complexity index is 508. The molecule has 0 radical (unpaired) electrons. The molecule has 2 unspecified atom stereocenters. The monoisotopic (exact) mass is 271 g/mol. The third kappa shape index (κ3) is 2.83. The van der Waals surface area contributed by atoms with Crippen LogP contribution < -0.4 is 5.32 Å². The van der Waals surface area contributed by atoms with Gasteiger partial charge in [-0.1, -0.05) is 30.3 Å². The Morgan fingerprint density at radius 3 is 2.80 bits per heavy atom. The Hall–Kier alpha value is -1.86. The smallest absolute Gasteiger partial charge is 0.227 e. The van der Waals surface area contributed by atoms with E-state index in [-0.39, 0.29) is 17.4 Å². The van der Waals surface area contributed by atoms with Gasteiger partial charge in [-0.05, 0) is 25.5 Å². The van der Waals surface area contributed by atoms with Gasteiger partial charge in [0.15, 0.2) is 0 Å². The number of carbonyl (C=O) groups excluding carboxylic acids is 1. The predicted molar refractivity (Wildman–Crippen MR) is 77.8 cm³/mol. The topological polar surface area (TPSA) is 56.1 Å². The predicted octanol–water partition coefficient (Wildman–Crippen LogP) is 2.10. The van der Waals surface area contributed by atoms with Gasteiger partial charge in [-0.15, -0.1) is 0 Å². The van der Waals surface area contributed by atoms with E-state index in [9.17, 15) is 4.79 Å². The van der Waals surface area contributed by atoms with Gasteiger partial charge in [-0.3, -0.25) is 9.69 Å². The number of rotatable bonds is 4. The van der Waals surface area contributed by atoms with Crippen LogP contribution in [0.5, 0.6) is 0 Å². The summed E-state index contributed by atoms with van der Waals surface area (Å²) in [6.45, 7) is 3.55. The normalized spacial score (nSPS) is 24.1. The first-order chi connectivity index (χ1) is 9.60. The molecule has 1 N–H and O–H groups in total. The Kier molecular flexibility index (Phi) is 4.41. The summed E-state index contributed by atoms with van der Waals surface area (Å²) in [5.41, 5.74) is 0.798. The third-order valence-electron chi connectivity index (χ3n) is 4.19. The summed E-state index contributed by atoms with van der Waals surface area (Å²) in [4.78, 5) is 14.3. The van der Waals surface area contributed by atoms with Crippen LogP contribution in [0.3, 0.4) is 0 Å². The second-order valence-electron chi connectivity index (χ2n) is 5.65. The number of amides is 1. The van der Waals surface area contributed by atoms with Gasteiger partial charge >= 0.3 is 0 Å². The lowest BCUT2D eigenvalue weighted by molar-refractivity contribution is -0.129. The molecule has 1 saturated heterocycles. The molecule has 0 saturated carbocycles. The molecule has 0 bridgehead atoms. The van der Waals surface area contributed by atoms with Crippen molar-refractivity contribution in [3.8, 4) is 6.07 Å². The van der Waals surface area contributed by atoms with E-state index in [4.69, 9.17) is 5.26 Å². The Balaban J connectivity index is 2.17. The van der Waals surface area contributed by atoms with Gasteiger partial charge < -0.3 is 5.32 Å². The molecule has 1 heterocycles. The van der Waals surface area contributed by atoms with Gasteiger partial charge in [-0.25, -0.2) is 0 Å². The average Bonchev–Trinajstić information content (AvgIpc) is 2.88. The highest BCUT2D eigenvalue weighted by atomic mass is 16.2. The van der Waals surface area contributed by atoms with Crippen molar-refractivity contribution in [3.63, 3.8) is 0 Å². The lowest BCUT2D eigenvalue weighted by atomic mass is 9.88. The van der Waals surface area contributed by atoms with Crippen LogP contribution in [-0.4, -0.2) is 30.9 Å². The van der Waals surface area contributed by atoms with E-state index in [1.807, 2.05) is 25.1 Å². The zero-order chi connectivity index (χ0) is 14.6. The molecule has 2 rings (SSSR count). The van der Waals surface area contributed by atoms with Gasteiger partial charge in [0.25, 0.3) is 0 Å². The summed E-state index contributed by atoms with van der Waals surface area (Å²) in [7, 11) is 1.68. The van der Waals surface area contributed by atoms with Crippen LogP contribution in [0.2, 0.25) is 0 Å². The molecule has 106 valence electrons. The van der Waals surface area contributed by atoms with Crippen LogP contribution in [0.15, 0.2) is 30.3 Å².